The number of hydrogen-bond donors (Lipinski definition) is 1. The Hall–Kier alpha value is -2.25. The summed E-state index contributed by atoms with van der Waals surface area (Å²) in [5.41, 5.74) is 0.692. The first kappa shape index (κ1) is 14.7. The summed E-state index contributed by atoms with van der Waals surface area (Å²) in [5.74, 6) is -1.83. The highest BCUT2D eigenvalue weighted by atomic mass is 32.2. The maximum absolute atomic E-state index is 12.1. The van der Waals surface area contributed by atoms with E-state index < -0.39 is 22.1 Å². The fourth-order valence-corrected chi connectivity index (χ4v) is 3.44. The Bertz CT molecular complexity index is 940. The Morgan fingerprint density at radius 1 is 1.14 bits per heavy atom. The van der Waals surface area contributed by atoms with E-state index in [0.717, 1.165) is 0 Å². The van der Waals surface area contributed by atoms with Crippen LogP contribution >= 0.6 is 0 Å². The summed E-state index contributed by atoms with van der Waals surface area (Å²) in [4.78, 5) is 23.7. The van der Waals surface area contributed by atoms with Gasteiger partial charge in [-0.25, -0.2) is 9.59 Å². The van der Waals surface area contributed by atoms with Gasteiger partial charge in [0.05, 0.1) is 11.1 Å². The maximum Gasteiger partial charge on any atom is 0.346 e. The van der Waals surface area contributed by atoms with Gasteiger partial charge >= 0.3 is 11.9 Å². The predicted molar refractivity (Wildman–Crippen MR) is 77.6 cm³/mol. The molecule has 0 spiro atoms. The molecule has 0 saturated carbocycles. The third kappa shape index (κ3) is 2.01. The molecule has 2 aromatic rings. The van der Waals surface area contributed by atoms with E-state index in [1.807, 2.05) is 0 Å². The number of rotatable bonds is 2. The minimum absolute atomic E-state index is 0.111. The van der Waals surface area contributed by atoms with Crippen molar-refractivity contribution in [1.29, 1.82) is 0 Å². The summed E-state index contributed by atoms with van der Waals surface area (Å²) in [5, 5.41) is 0.340. The van der Waals surface area contributed by atoms with Gasteiger partial charge in [0.15, 0.2) is 0 Å². The fourth-order valence-electron chi connectivity index (χ4n) is 2.71. The maximum atomic E-state index is 12.1. The number of benzene rings is 2. The Morgan fingerprint density at radius 2 is 1.82 bits per heavy atom. The number of cyclic esters (lactones) is 2. The summed E-state index contributed by atoms with van der Waals surface area (Å²) in [7, 11) is -4.50. The molecule has 0 fully saturated rings. The largest absolute Gasteiger partial charge is 0.386 e. The second-order valence-electron chi connectivity index (χ2n) is 5.37. The summed E-state index contributed by atoms with van der Waals surface area (Å²) < 4.78 is 37.5. The number of hydrogen-bond acceptors (Lipinski definition) is 5. The molecule has 0 unspecified atom stereocenters. The van der Waals surface area contributed by atoms with Crippen LogP contribution < -0.4 is 0 Å². The second kappa shape index (κ2) is 4.62. The van der Waals surface area contributed by atoms with E-state index in [9.17, 15) is 22.6 Å². The van der Waals surface area contributed by atoms with Crippen LogP contribution in [0.2, 0.25) is 0 Å². The van der Waals surface area contributed by atoms with Gasteiger partial charge in [0.25, 0.3) is 10.1 Å². The summed E-state index contributed by atoms with van der Waals surface area (Å²) in [6, 6.07) is 5.64. The van der Waals surface area contributed by atoms with Gasteiger partial charge in [-0.05, 0) is 23.6 Å². The number of ether oxygens (including phenoxy) is 1. The van der Waals surface area contributed by atoms with Crippen molar-refractivity contribution in [2.75, 3.05) is 0 Å². The monoisotopic (exact) mass is 320 g/mol. The van der Waals surface area contributed by atoms with Crippen LogP contribution in [-0.2, 0) is 14.9 Å². The first-order valence-electron chi connectivity index (χ1n) is 6.55. The van der Waals surface area contributed by atoms with Crippen LogP contribution in [0.4, 0.5) is 0 Å². The smallest absolute Gasteiger partial charge is 0.346 e. The highest BCUT2D eigenvalue weighted by Crippen LogP contribution is 2.37. The van der Waals surface area contributed by atoms with E-state index in [1.54, 1.807) is 13.8 Å². The molecule has 1 N–H and O–H groups in total. The van der Waals surface area contributed by atoms with Crippen LogP contribution in [0, 0.1) is 0 Å². The average molecular weight is 320 g/mol. The van der Waals surface area contributed by atoms with Crippen molar-refractivity contribution in [3.8, 4) is 0 Å². The van der Waals surface area contributed by atoms with E-state index in [1.165, 1.54) is 24.3 Å². The van der Waals surface area contributed by atoms with Gasteiger partial charge in [0.1, 0.15) is 4.90 Å². The van der Waals surface area contributed by atoms with Gasteiger partial charge in [-0.15, -0.1) is 0 Å². The molecule has 0 amide bonds. The lowest BCUT2D eigenvalue weighted by molar-refractivity contribution is 0.0390. The molecule has 1 aliphatic heterocycles. The lowest BCUT2D eigenvalue weighted by Crippen LogP contribution is -2.22. The molecule has 0 aromatic heterocycles. The zero-order chi connectivity index (χ0) is 16.2. The third-order valence-electron chi connectivity index (χ3n) is 3.66. The van der Waals surface area contributed by atoms with Crippen molar-refractivity contribution < 1.29 is 27.3 Å². The van der Waals surface area contributed by atoms with Gasteiger partial charge in [-0.1, -0.05) is 26.0 Å². The SMILES string of the molecule is CC(C)c1cc(S(=O)(=O)O)c2cccc3c2c1C(=O)OC3=O. The summed E-state index contributed by atoms with van der Waals surface area (Å²) in [6.07, 6.45) is 0. The van der Waals surface area contributed by atoms with Crippen LogP contribution in [0.5, 0.6) is 0 Å². The van der Waals surface area contributed by atoms with E-state index >= 15 is 0 Å². The van der Waals surface area contributed by atoms with Gasteiger partial charge in [-0.2, -0.15) is 8.42 Å². The van der Waals surface area contributed by atoms with Crippen LogP contribution in [0.3, 0.4) is 0 Å². The Morgan fingerprint density at radius 3 is 2.41 bits per heavy atom. The molecule has 0 bridgehead atoms. The number of carbonyl (C=O) groups excluding carboxylic acids is 2. The molecular weight excluding hydrogens is 308 g/mol. The molecule has 0 radical (unpaired) electrons. The van der Waals surface area contributed by atoms with E-state index in [2.05, 4.69) is 0 Å². The molecule has 0 atom stereocenters. The Kier molecular flexibility index (Phi) is 3.08. The molecule has 6 nitrogen and oxygen atoms in total. The summed E-state index contributed by atoms with van der Waals surface area (Å²) in [6.45, 7) is 3.55. The molecule has 1 aliphatic rings. The minimum atomic E-state index is -4.50. The van der Waals surface area contributed by atoms with Gasteiger partial charge in [0, 0.05) is 10.8 Å². The lowest BCUT2D eigenvalue weighted by atomic mass is 9.89. The van der Waals surface area contributed by atoms with Gasteiger partial charge < -0.3 is 4.74 Å². The number of esters is 2. The lowest BCUT2D eigenvalue weighted by Gasteiger charge is -2.21. The molecule has 0 saturated heterocycles. The van der Waals surface area contributed by atoms with Crippen LogP contribution in [0.25, 0.3) is 10.8 Å². The first-order valence-corrected chi connectivity index (χ1v) is 7.99. The van der Waals surface area contributed by atoms with Crippen molar-refractivity contribution in [3.05, 3.63) is 41.0 Å². The molecule has 114 valence electrons. The zero-order valence-electron chi connectivity index (χ0n) is 11.8. The topological polar surface area (TPSA) is 97.7 Å². The molecule has 7 heteroatoms. The minimum Gasteiger partial charge on any atom is -0.386 e. The van der Waals surface area contributed by atoms with Crippen LogP contribution in [0.15, 0.2) is 29.2 Å². The van der Waals surface area contributed by atoms with E-state index in [4.69, 9.17) is 4.74 Å². The van der Waals surface area contributed by atoms with Crippen molar-refractivity contribution in [3.63, 3.8) is 0 Å². The van der Waals surface area contributed by atoms with Crippen molar-refractivity contribution in [1.82, 2.24) is 0 Å². The number of carbonyl (C=O) groups is 2. The van der Waals surface area contributed by atoms with Crippen LogP contribution in [0.1, 0.15) is 46.0 Å². The van der Waals surface area contributed by atoms with E-state index in [0.29, 0.717) is 5.56 Å². The quantitative estimate of drug-likeness (QED) is 0.519. The molecule has 2 aromatic carbocycles. The van der Waals surface area contributed by atoms with Gasteiger partial charge in [0.2, 0.25) is 0 Å². The third-order valence-corrected chi connectivity index (χ3v) is 4.56. The highest BCUT2D eigenvalue weighted by Gasteiger charge is 2.33. The molecular formula is C15H12O6S. The molecule has 1 heterocycles. The van der Waals surface area contributed by atoms with Crippen molar-refractivity contribution in [2.45, 2.75) is 24.7 Å². The Balaban J connectivity index is 2.63. The normalized spacial score (nSPS) is 14.5. The van der Waals surface area contributed by atoms with E-state index in [-0.39, 0.29) is 32.7 Å². The second-order valence-corrected chi connectivity index (χ2v) is 6.76. The highest BCUT2D eigenvalue weighted by molar-refractivity contribution is 7.86. The van der Waals surface area contributed by atoms with Crippen LogP contribution in [-0.4, -0.2) is 24.9 Å². The molecule has 0 aliphatic carbocycles. The van der Waals surface area contributed by atoms with Crippen molar-refractivity contribution in [2.24, 2.45) is 0 Å². The Labute approximate surface area is 126 Å². The molecule has 3 rings (SSSR count). The zero-order valence-corrected chi connectivity index (χ0v) is 12.6. The first-order chi connectivity index (χ1) is 10.2. The average Bonchev–Trinajstić information content (AvgIpc) is 2.42. The predicted octanol–water partition coefficient (Wildman–Crippen LogP) is 2.52. The summed E-state index contributed by atoms with van der Waals surface area (Å²) >= 11 is 0. The van der Waals surface area contributed by atoms with Gasteiger partial charge in [-0.3, -0.25) is 4.55 Å². The fraction of sp³-hybridized carbons (Fsp3) is 0.200. The standard InChI is InChI=1S/C15H12O6S/c1-7(2)10-6-11(22(18,19)20)8-4-3-5-9-12(8)13(10)15(17)21-14(9)16/h3-7H,1-2H3,(H,18,19,20). The van der Waals surface area contributed by atoms with Crippen molar-refractivity contribution >= 4 is 32.8 Å². The molecule has 22 heavy (non-hydrogen) atoms.